The molecule has 3 rings (SSSR count). The third-order valence-electron chi connectivity index (χ3n) is 4.92. The van der Waals surface area contributed by atoms with Gasteiger partial charge in [-0.05, 0) is 53.1 Å². The summed E-state index contributed by atoms with van der Waals surface area (Å²) in [6.45, 7) is 6.50. The van der Waals surface area contributed by atoms with E-state index in [9.17, 15) is 0 Å². The molecule has 0 radical (unpaired) electrons. The Morgan fingerprint density at radius 3 is 2.71 bits per heavy atom. The van der Waals surface area contributed by atoms with E-state index in [1.54, 1.807) is 0 Å². The first-order valence-corrected chi connectivity index (χ1v) is 10.1. The van der Waals surface area contributed by atoms with Crippen LogP contribution in [-0.4, -0.2) is 61.4 Å². The Hall–Kier alpha value is -1.34. The molecule has 1 aliphatic heterocycles. The highest BCUT2D eigenvalue weighted by Gasteiger charge is 2.26. The summed E-state index contributed by atoms with van der Waals surface area (Å²) < 4.78 is 4.40. The Morgan fingerprint density at radius 1 is 1.33 bits per heavy atom. The third kappa shape index (κ3) is 3.67. The maximum atomic E-state index is 4.92. The second kappa shape index (κ2) is 7.70. The topological polar surface area (TPSA) is 51.8 Å². The van der Waals surface area contributed by atoms with Crippen molar-refractivity contribution in [1.29, 1.82) is 0 Å². The lowest BCUT2D eigenvalue weighted by Crippen LogP contribution is -2.33. The van der Waals surface area contributed by atoms with Crippen LogP contribution >= 0.6 is 11.8 Å². The van der Waals surface area contributed by atoms with Gasteiger partial charge in [-0.15, -0.1) is 0 Å². The van der Waals surface area contributed by atoms with Crippen molar-refractivity contribution in [2.45, 2.75) is 45.2 Å². The average Bonchev–Trinajstić information content (AvgIpc) is 3.19. The Balaban J connectivity index is 1.90. The van der Waals surface area contributed by atoms with Gasteiger partial charge in [0.1, 0.15) is 11.6 Å². The van der Waals surface area contributed by atoms with E-state index in [2.05, 4.69) is 39.4 Å². The van der Waals surface area contributed by atoms with Gasteiger partial charge in [0.25, 0.3) is 0 Å². The lowest BCUT2D eigenvalue weighted by Gasteiger charge is -2.30. The molecule has 1 unspecified atom stereocenters. The number of hydrogen-bond donors (Lipinski definition) is 0. The van der Waals surface area contributed by atoms with Crippen LogP contribution in [0.4, 0.5) is 0 Å². The summed E-state index contributed by atoms with van der Waals surface area (Å²) in [7, 11) is 2.19. The van der Waals surface area contributed by atoms with Gasteiger partial charge in [-0.2, -0.15) is 16.9 Å². The van der Waals surface area contributed by atoms with Gasteiger partial charge < -0.3 is 9.47 Å². The van der Waals surface area contributed by atoms with Crippen LogP contribution in [0.2, 0.25) is 0 Å². The molecule has 0 spiro atoms. The predicted octanol–water partition coefficient (Wildman–Crippen LogP) is 2.56. The number of imidazole rings is 1. The van der Waals surface area contributed by atoms with Crippen molar-refractivity contribution < 1.29 is 0 Å². The lowest BCUT2D eigenvalue weighted by atomic mass is 10.1. The quantitative estimate of drug-likeness (QED) is 0.803. The molecule has 3 heterocycles. The molecule has 2 aromatic rings. The van der Waals surface area contributed by atoms with Crippen molar-refractivity contribution >= 4 is 11.8 Å². The minimum absolute atomic E-state index is 0.155. The number of thioether (sulfide) groups is 1. The Kier molecular flexibility index (Phi) is 5.61. The number of hydrogen-bond acceptors (Lipinski definition) is 5. The zero-order valence-corrected chi connectivity index (χ0v) is 16.0. The van der Waals surface area contributed by atoms with E-state index in [4.69, 9.17) is 10.1 Å². The molecule has 0 bridgehead atoms. The number of piperidine rings is 1. The summed E-state index contributed by atoms with van der Waals surface area (Å²) in [6, 6.07) is 0.612. The molecular weight excluding hydrogens is 320 g/mol. The first-order chi connectivity index (χ1) is 11.6. The molecule has 1 fully saturated rings. The normalized spacial score (nSPS) is 18.2. The van der Waals surface area contributed by atoms with Gasteiger partial charge in [0.2, 0.25) is 0 Å². The molecule has 0 amide bonds. The standard InChI is InChI=1S/C17H28N6S/c1-13(22-11-8-18-14(22)2)17-19-16(7-12-24-4)20-23(17)15-5-9-21(3)10-6-15/h8,11,13,15H,5-7,9-10,12H2,1-4H3. The maximum Gasteiger partial charge on any atom is 0.151 e. The van der Waals surface area contributed by atoms with Gasteiger partial charge in [0, 0.05) is 24.6 Å². The van der Waals surface area contributed by atoms with Crippen molar-refractivity contribution in [3.63, 3.8) is 0 Å². The zero-order chi connectivity index (χ0) is 17.1. The molecule has 1 atom stereocenters. The number of aryl methyl sites for hydroxylation is 2. The molecule has 0 saturated carbocycles. The summed E-state index contributed by atoms with van der Waals surface area (Å²) in [6.07, 6.45) is 9.25. The van der Waals surface area contributed by atoms with Crippen LogP contribution in [0.5, 0.6) is 0 Å². The molecule has 24 heavy (non-hydrogen) atoms. The van der Waals surface area contributed by atoms with Gasteiger partial charge in [-0.1, -0.05) is 0 Å². The van der Waals surface area contributed by atoms with Crippen molar-refractivity contribution in [3.8, 4) is 0 Å². The minimum atomic E-state index is 0.155. The van der Waals surface area contributed by atoms with Gasteiger partial charge in [0.05, 0.1) is 12.1 Å². The van der Waals surface area contributed by atoms with Crippen molar-refractivity contribution in [2.75, 3.05) is 32.1 Å². The van der Waals surface area contributed by atoms with Crippen LogP contribution in [0.15, 0.2) is 12.4 Å². The van der Waals surface area contributed by atoms with E-state index >= 15 is 0 Å². The lowest BCUT2D eigenvalue weighted by molar-refractivity contribution is 0.207. The fourth-order valence-corrected chi connectivity index (χ4v) is 3.78. The first kappa shape index (κ1) is 17.5. The highest BCUT2D eigenvalue weighted by molar-refractivity contribution is 7.98. The highest BCUT2D eigenvalue weighted by Crippen LogP contribution is 2.27. The van der Waals surface area contributed by atoms with E-state index in [1.165, 1.54) is 0 Å². The minimum Gasteiger partial charge on any atom is -0.325 e. The van der Waals surface area contributed by atoms with Crippen LogP contribution in [0.25, 0.3) is 0 Å². The first-order valence-electron chi connectivity index (χ1n) is 8.72. The van der Waals surface area contributed by atoms with Crippen LogP contribution in [0.3, 0.4) is 0 Å². The van der Waals surface area contributed by atoms with Crippen LogP contribution in [0.1, 0.15) is 49.3 Å². The monoisotopic (exact) mass is 348 g/mol. The molecule has 1 aliphatic rings. The van der Waals surface area contributed by atoms with Gasteiger partial charge in [-0.25, -0.2) is 14.6 Å². The SMILES string of the molecule is CSCCc1nc(C(C)n2ccnc2C)n(C2CCN(C)CC2)n1. The Bertz CT molecular complexity index is 656. The zero-order valence-electron chi connectivity index (χ0n) is 15.1. The molecule has 6 nitrogen and oxygen atoms in total. The third-order valence-corrected chi connectivity index (χ3v) is 5.53. The smallest absolute Gasteiger partial charge is 0.151 e. The molecule has 1 saturated heterocycles. The maximum absolute atomic E-state index is 4.92. The summed E-state index contributed by atoms with van der Waals surface area (Å²) >= 11 is 1.84. The van der Waals surface area contributed by atoms with E-state index in [0.29, 0.717) is 6.04 Å². The van der Waals surface area contributed by atoms with Gasteiger partial charge in [0.15, 0.2) is 5.82 Å². The van der Waals surface area contributed by atoms with E-state index in [-0.39, 0.29) is 6.04 Å². The largest absolute Gasteiger partial charge is 0.325 e. The number of nitrogens with zero attached hydrogens (tertiary/aromatic N) is 6. The highest BCUT2D eigenvalue weighted by atomic mass is 32.2. The number of aromatic nitrogens is 5. The van der Waals surface area contributed by atoms with Crippen LogP contribution < -0.4 is 0 Å². The van der Waals surface area contributed by atoms with Crippen LogP contribution in [0, 0.1) is 6.92 Å². The summed E-state index contributed by atoms with van der Waals surface area (Å²) in [5.74, 6) is 4.13. The van der Waals surface area contributed by atoms with Gasteiger partial charge in [-0.3, -0.25) is 0 Å². The van der Waals surface area contributed by atoms with Crippen molar-refractivity contribution in [2.24, 2.45) is 0 Å². The van der Waals surface area contributed by atoms with E-state index < -0.39 is 0 Å². The molecule has 0 aromatic carbocycles. The summed E-state index contributed by atoms with van der Waals surface area (Å²) in [5, 5.41) is 4.90. The van der Waals surface area contributed by atoms with E-state index in [1.807, 2.05) is 31.1 Å². The fraction of sp³-hybridized carbons (Fsp3) is 0.706. The summed E-state index contributed by atoms with van der Waals surface area (Å²) in [5.41, 5.74) is 0. The second-order valence-corrected chi connectivity index (χ2v) is 7.65. The Morgan fingerprint density at radius 2 is 2.08 bits per heavy atom. The average molecular weight is 349 g/mol. The molecule has 0 N–H and O–H groups in total. The van der Waals surface area contributed by atoms with Crippen molar-refractivity contribution in [1.82, 2.24) is 29.2 Å². The number of likely N-dealkylation sites (tertiary alicyclic amines) is 1. The van der Waals surface area contributed by atoms with Crippen LogP contribution in [-0.2, 0) is 6.42 Å². The molecule has 7 heteroatoms. The molecule has 132 valence electrons. The Labute approximate surface area is 148 Å². The predicted molar refractivity (Wildman–Crippen MR) is 98.7 cm³/mol. The molecular formula is C17H28N6S. The summed E-state index contributed by atoms with van der Waals surface area (Å²) in [4.78, 5) is 11.7. The molecule has 2 aromatic heterocycles. The number of rotatable bonds is 6. The fourth-order valence-electron chi connectivity index (χ4n) is 3.40. The molecule has 0 aliphatic carbocycles. The second-order valence-electron chi connectivity index (χ2n) is 6.67. The van der Waals surface area contributed by atoms with Gasteiger partial charge >= 0.3 is 0 Å². The van der Waals surface area contributed by atoms with Crippen molar-refractivity contribution in [3.05, 3.63) is 29.9 Å². The van der Waals surface area contributed by atoms with E-state index in [0.717, 1.165) is 55.6 Å².